The molecule has 0 heterocycles. The van der Waals surface area contributed by atoms with Crippen molar-refractivity contribution in [2.24, 2.45) is 0 Å². The second-order valence-electron chi connectivity index (χ2n) is 5.69. The lowest BCUT2D eigenvalue weighted by atomic mass is 10.2. The molecule has 0 saturated carbocycles. The van der Waals surface area contributed by atoms with Crippen LogP contribution >= 0.6 is 11.8 Å². The van der Waals surface area contributed by atoms with Crippen molar-refractivity contribution in [1.29, 1.82) is 0 Å². The molecule has 0 fully saturated rings. The number of thioether (sulfide) groups is 1. The maximum absolute atomic E-state index is 12.3. The number of hydrogen-bond donors (Lipinski definition) is 2. The summed E-state index contributed by atoms with van der Waals surface area (Å²) in [7, 11) is 1.76. The van der Waals surface area contributed by atoms with Crippen LogP contribution in [0.4, 0.5) is 11.4 Å². The Hall–Kier alpha value is -2.31. The number of nitrogens with zero attached hydrogens (tertiary/aromatic N) is 1. The Labute approximate surface area is 152 Å². The summed E-state index contributed by atoms with van der Waals surface area (Å²) in [6, 6.07) is 16.5. The first-order chi connectivity index (χ1) is 12.0. The van der Waals surface area contributed by atoms with Gasteiger partial charge in [-0.1, -0.05) is 30.3 Å². The molecule has 2 rings (SSSR count). The van der Waals surface area contributed by atoms with Gasteiger partial charge in [0.1, 0.15) is 0 Å². The van der Waals surface area contributed by atoms with Gasteiger partial charge in [0, 0.05) is 10.6 Å². The molecule has 25 heavy (non-hydrogen) atoms. The molecule has 0 saturated heterocycles. The molecule has 2 aromatic carbocycles. The number of carbonyl (C=O) groups is 2. The van der Waals surface area contributed by atoms with E-state index in [2.05, 4.69) is 10.6 Å². The van der Waals surface area contributed by atoms with E-state index in [-0.39, 0.29) is 18.4 Å². The van der Waals surface area contributed by atoms with Crippen molar-refractivity contribution >= 4 is 35.0 Å². The van der Waals surface area contributed by atoms with Crippen LogP contribution in [-0.4, -0.2) is 42.6 Å². The van der Waals surface area contributed by atoms with E-state index < -0.39 is 6.04 Å². The Balaban J connectivity index is 1.90. The average Bonchev–Trinajstić information content (AvgIpc) is 2.62. The number of hydrogen-bond acceptors (Lipinski definition) is 4. The smallest absolute Gasteiger partial charge is 0.241 e. The van der Waals surface area contributed by atoms with Crippen molar-refractivity contribution < 1.29 is 9.59 Å². The Bertz CT molecular complexity index is 722. The predicted octanol–water partition coefficient (Wildman–Crippen LogP) is 3.31. The van der Waals surface area contributed by atoms with Gasteiger partial charge in [0.2, 0.25) is 11.8 Å². The summed E-state index contributed by atoms with van der Waals surface area (Å²) < 4.78 is 0. The van der Waals surface area contributed by atoms with Gasteiger partial charge >= 0.3 is 0 Å². The van der Waals surface area contributed by atoms with E-state index in [1.807, 2.05) is 60.9 Å². The zero-order chi connectivity index (χ0) is 18.2. The number of benzene rings is 2. The molecule has 132 valence electrons. The van der Waals surface area contributed by atoms with Crippen LogP contribution in [0.3, 0.4) is 0 Å². The summed E-state index contributed by atoms with van der Waals surface area (Å²) in [5.41, 5.74) is 1.53. The number of carbonyl (C=O) groups excluding carboxylic acids is 2. The molecule has 0 aromatic heterocycles. The molecule has 0 aliphatic rings. The van der Waals surface area contributed by atoms with Gasteiger partial charge in [0.05, 0.1) is 18.3 Å². The maximum Gasteiger partial charge on any atom is 0.241 e. The van der Waals surface area contributed by atoms with Crippen LogP contribution < -0.4 is 10.6 Å². The first-order valence-electron chi connectivity index (χ1n) is 8.00. The Morgan fingerprint density at radius 3 is 2.36 bits per heavy atom. The molecule has 0 aliphatic heterocycles. The molecular formula is C19H23N3O2S. The summed E-state index contributed by atoms with van der Waals surface area (Å²) in [5, 5.41) is 5.75. The molecule has 0 spiro atoms. The van der Waals surface area contributed by atoms with E-state index in [0.29, 0.717) is 0 Å². The highest BCUT2D eigenvalue weighted by molar-refractivity contribution is 7.98. The van der Waals surface area contributed by atoms with Gasteiger partial charge < -0.3 is 10.6 Å². The highest BCUT2D eigenvalue weighted by Gasteiger charge is 2.20. The first kappa shape index (κ1) is 19.0. The lowest BCUT2D eigenvalue weighted by molar-refractivity contribution is -0.122. The molecule has 0 radical (unpaired) electrons. The summed E-state index contributed by atoms with van der Waals surface area (Å²) in [6.45, 7) is 1.91. The average molecular weight is 357 g/mol. The molecule has 2 aromatic rings. The normalized spacial score (nSPS) is 11.8. The lowest BCUT2D eigenvalue weighted by Crippen LogP contribution is -2.43. The topological polar surface area (TPSA) is 61.4 Å². The van der Waals surface area contributed by atoms with E-state index in [1.165, 1.54) is 0 Å². The minimum atomic E-state index is -0.429. The number of anilines is 2. The van der Waals surface area contributed by atoms with Gasteiger partial charge in [-0.2, -0.15) is 0 Å². The highest BCUT2D eigenvalue weighted by Crippen LogP contribution is 2.24. The molecule has 5 nitrogen and oxygen atoms in total. The summed E-state index contributed by atoms with van der Waals surface area (Å²) in [4.78, 5) is 27.3. The fraction of sp³-hybridized carbons (Fsp3) is 0.263. The summed E-state index contributed by atoms with van der Waals surface area (Å²) >= 11 is 1.58. The van der Waals surface area contributed by atoms with Gasteiger partial charge in [-0.05, 0) is 44.5 Å². The van der Waals surface area contributed by atoms with Crippen molar-refractivity contribution in [3.8, 4) is 0 Å². The highest BCUT2D eigenvalue weighted by atomic mass is 32.2. The quantitative estimate of drug-likeness (QED) is 0.747. The Morgan fingerprint density at radius 2 is 1.68 bits per heavy atom. The van der Waals surface area contributed by atoms with Gasteiger partial charge in [-0.25, -0.2) is 0 Å². The van der Waals surface area contributed by atoms with Crippen molar-refractivity contribution in [1.82, 2.24) is 4.90 Å². The lowest BCUT2D eigenvalue weighted by Gasteiger charge is -2.23. The van der Waals surface area contributed by atoms with Gasteiger partial charge in [0.25, 0.3) is 0 Å². The fourth-order valence-corrected chi connectivity index (χ4v) is 2.82. The molecule has 0 unspecified atom stereocenters. The van der Waals surface area contributed by atoms with Gasteiger partial charge in [-0.3, -0.25) is 14.5 Å². The number of amides is 2. The third-order valence-electron chi connectivity index (χ3n) is 3.86. The monoisotopic (exact) mass is 357 g/mol. The number of nitrogens with one attached hydrogen (secondary N) is 2. The van der Waals surface area contributed by atoms with Crippen molar-refractivity contribution in [2.75, 3.05) is 30.5 Å². The number of likely N-dealkylation sites (N-methyl/N-ethyl adjacent to an activating group) is 1. The SMILES string of the molecule is CSc1ccccc1NC(=O)CN(C)[C@@H](C)C(=O)Nc1ccccc1. The zero-order valence-corrected chi connectivity index (χ0v) is 15.5. The molecule has 0 aliphatic carbocycles. The van der Waals surface area contributed by atoms with Crippen LogP contribution in [0.5, 0.6) is 0 Å². The third-order valence-corrected chi connectivity index (χ3v) is 4.65. The number of rotatable bonds is 7. The molecule has 0 bridgehead atoms. The summed E-state index contributed by atoms with van der Waals surface area (Å²) in [5.74, 6) is -0.297. The van der Waals surface area contributed by atoms with Crippen LogP contribution in [0.2, 0.25) is 0 Å². The van der Waals surface area contributed by atoms with E-state index in [9.17, 15) is 9.59 Å². The van der Waals surface area contributed by atoms with Crippen LogP contribution in [0.25, 0.3) is 0 Å². The van der Waals surface area contributed by atoms with Crippen molar-refractivity contribution in [3.63, 3.8) is 0 Å². The molecule has 2 amide bonds. The van der Waals surface area contributed by atoms with Crippen LogP contribution in [0.15, 0.2) is 59.5 Å². The van der Waals surface area contributed by atoms with Crippen LogP contribution in [0, 0.1) is 0 Å². The first-order valence-corrected chi connectivity index (χ1v) is 9.22. The minimum absolute atomic E-state index is 0.131. The van der Waals surface area contributed by atoms with Crippen molar-refractivity contribution in [3.05, 3.63) is 54.6 Å². The molecular weight excluding hydrogens is 334 g/mol. The Kier molecular flexibility index (Phi) is 7.03. The summed E-state index contributed by atoms with van der Waals surface area (Å²) in [6.07, 6.45) is 1.97. The van der Waals surface area contributed by atoms with E-state index in [0.717, 1.165) is 16.3 Å². The largest absolute Gasteiger partial charge is 0.325 e. The fourth-order valence-electron chi connectivity index (χ4n) is 2.27. The van der Waals surface area contributed by atoms with Gasteiger partial charge in [-0.15, -0.1) is 11.8 Å². The van der Waals surface area contributed by atoms with E-state index >= 15 is 0 Å². The standard InChI is InChI=1S/C19H23N3O2S/c1-14(19(24)20-15-9-5-4-6-10-15)22(2)13-18(23)21-16-11-7-8-12-17(16)25-3/h4-12,14H,13H2,1-3H3,(H,20,24)(H,21,23)/t14-/m0/s1. The van der Waals surface area contributed by atoms with Crippen molar-refractivity contribution in [2.45, 2.75) is 17.9 Å². The van der Waals surface area contributed by atoms with Crippen LogP contribution in [-0.2, 0) is 9.59 Å². The second-order valence-corrected chi connectivity index (χ2v) is 6.54. The van der Waals surface area contributed by atoms with Crippen LogP contribution in [0.1, 0.15) is 6.92 Å². The molecule has 2 N–H and O–H groups in total. The molecule has 1 atom stereocenters. The molecule has 6 heteroatoms. The van der Waals surface area contributed by atoms with E-state index in [1.54, 1.807) is 30.6 Å². The third kappa shape index (κ3) is 5.62. The zero-order valence-electron chi connectivity index (χ0n) is 14.7. The van der Waals surface area contributed by atoms with E-state index in [4.69, 9.17) is 0 Å². The second kappa shape index (κ2) is 9.25. The Morgan fingerprint density at radius 1 is 1.04 bits per heavy atom. The van der Waals surface area contributed by atoms with Gasteiger partial charge in [0.15, 0.2) is 0 Å². The number of para-hydroxylation sites is 2. The predicted molar refractivity (Wildman–Crippen MR) is 104 cm³/mol. The minimum Gasteiger partial charge on any atom is -0.325 e. The maximum atomic E-state index is 12.3.